The maximum absolute atomic E-state index is 9.39. The van der Waals surface area contributed by atoms with Crippen LogP contribution in [0.15, 0.2) is 203 Å². The van der Waals surface area contributed by atoms with Gasteiger partial charge in [-0.15, -0.1) is 0 Å². The van der Waals surface area contributed by atoms with E-state index in [0.29, 0.717) is 11.4 Å². The maximum atomic E-state index is 9.39. The van der Waals surface area contributed by atoms with Gasteiger partial charge in [0.25, 0.3) is 0 Å². The van der Waals surface area contributed by atoms with Crippen LogP contribution in [-0.4, -0.2) is 11.4 Å². The molecular formula is C54H46N4S2. The Balaban J connectivity index is 1.06. The zero-order chi connectivity index (χ0) is 41.9. The van der Waals surface area contributed by atoms with Gasteiger partial charge in [0.05, 0.1) is 22.8 Å². The Morgan fingerprint density at radius 1 is 0.350 bits per heavy atom. The Hall–Kier alpha value is -6.60. The van der Waals surface area contributed by atoms with Gasteiger partial charge in [0.1, 0.15) is 0 Å². The first kappa shape index (κ1) is 40.2. The van der Waals surface area contributed by atoms with Gasteiger partial charge in [-0.2, -0.15) is 25.3 Å². The summed E-state index contributed by atoms with van der Waals surface area (Å²) in [4.78, 5) is 4.38. The van der Waals surface area contributed by atoms with Crippen molar-refractivity contribution in [2.75, 3.05) is 9.80 Å². The van der Waals surface area contributed by atoms with Crippen LogP contribution in [0.4, 0.5) is 22.7 Å². The van der Waals surface area contributed by atoms with Gasteiger partial charge < -0.3 is 9.80 Å². The smallest absolute Gasteiger partial charge is 0.0716 e. The molecule has 0 aliphatic heterocycles. The van der Waals surface area contributed by atoms with Gasteiger partial charge in [-0.1, -0.05) is 131 Å². The average Bonchev–Trinajstić information content (AvgIpc) is 3.27. The Morgan fingerprint density at radius 2 is 0.600 bits per heavy atom. The summed E-state index contributed by atoms with van der Waals surface area (Å²) >= 11 is 9.27. The molecule has 0 amide bonds. The van der Waals surface area contributed by atoms with E-state index in [1.807, 2.05) is 12.2 Å². The lowest BCUT2D eigenvalue weighted by molar-refractivity contribution is 1.18. The average molecular weight is 815 g/mol. The molecule has 0 saturated heterocycles. The quantitative estimate of drug-likeness (QED) is 0.110. The van der Waals surface area contributed by atoms with E-state index in [0.717, 1.165) is 78.7 Å². The SMILES string of the molecule is Cc1ccc(N(C2=CC=C(c3ccc(-c4ccc(C5=CC=C(N(c6ccc(C)cc6)c6ccc(C)cc6)/C(=C/S)C5=N)cc4)cc3)C(=N)/C2=C\S)c2ccc(C)cc2)cc1. The second-order valence-electron chi connectivity index (χ2n) is 15.3. The van der Waals surface area contributed by atoms with Crippen molar-refractivity contribution in [3.05, 3.63) is 237 Å². The fraction of sp³-hybridized carbons (Fsp3) is 0.0741. The molecule has 0 saturated carbocycles. The number of hydrogen-bond acceptors (Lipinski definition) is 6. The van der Waals surface area contributed by atoms with E-state index in [1.54, 1.807) is 10.8 Å². The highest BCUT2D eigenvalue weighted by Crippen LogP contribution is 2.40. The minimum absolute atomic E-state index is 0.416. The number of nitrogens with one attached hydrogen (secondary N) is 2. The molecule has 0 spiro atoms. The van der Waals surface area contributed by atoms with Crippen molar-refractivity contribution in [3.63, 3.8) is 0 Å². The first-order valence-electron chi connectivity index (χ1n) is 19.9. The topological polar surface area (TPSA) is 54.2 Å². The molecule has 6 aromatic carbocycles. The molecule has 60 heavy (non-hydrogen) atoms. The lowest BCUT2D eigenvalue weighted by Gasteiger charge is -2.32. The van der Waals surface area contributed by atoms with Crippen LogP contribution < -0.4 is 9.80 Å². The summed E-state index contributed by atoms with van der Waals surface area (Å²) in [5, 5.41) is 22.3. The molecule has 0 bridgehead atoms. The highest BCUT2D eigenvalue weighted by molar-refractivity contribution is 7.83. The van der Waals surface area contributed by atoms with Crippen LogP contribution in [0.3, 0.4) is 0 Å². The molecule has 0 fully saturated rings. The van der Waals surface area contributed by atoms with E-state index in [4.69, 9.17) is 0 Å². The number of thiol groups is 2. The van der Waals surface area contributed by atoms with Crippen LogP contribution in [0.25, 0.3) is 22.3 Å². The van der Waals surface area contributed by atoms with Crippen LogP contribution in [0.1, 0.15) is 33.4 Å². The number of allylic oxidation sites excluding steroid dienone is 8. The molecule has 2 N–H and O–H groups in total. The van der Waals surface area contributed by atoms with Gasteiger partial charge >= 0.3 is 0 Å². The van der Waals surface area contributed by atoms with Crippen molar-refractivity contribution in [1.82, 2.24) is 0 Å². The molecule has 0 heterocycles. The summed E-state index contributed by atoms with van der Waals surface area (Å²) in [6.07, 6.45) is 8.26. The molecule has 294 valence electrons. The zero-order valence-corrected chi connectivity index (χ0v) is 35.9. The van der Waals surface area contributed by atoms with Crippen molar-refractivity contribution in [2.24, 2.45) is 0 Å². The zero-order valence-electron chi connectivity index (χ0n) is 34.1. The number of rotatable bonds is 9. The summed E-state index contributed by atoms with van der Waals surface area (Å²) in [5.41, 5.74) is 18.6. The third-order valence-corrected chi connectivity index (χ3v) is 11.6. The lowest BCUT2D eigenvalue weighted by atomic mass is 9.88. The van der Waals surface area contributed by atoms with E-state index in [9.17, 15) is 10.8 Å². The molecule has 6 aromatic rings. The Bertz CT molecular complexity index is 2500. The van der Waals surface area contributed by atoms with E-state index >= 15 is 0 Å². The van der Waals surface area contributed by atoms with Crippen LogP contribution in [-0.2, 0) is 0 Å². The normalized spacial score (nSPS) is 15.4. The summed E-state index contributed by atoms with van der Waals surface area (Å²) < 4.78 is 0. The van der Waals surface area contributed by atoms with Gasteiger partial charge in [0, 0.05) is 45.0 Å². The number of nitrogens with zero attached hydrogens (tertiary/aromatic N) is 2. The van der Waals surface area contributed by atoms with Crippen LogP contribution in [0.5, 0.6) is 0 Å². The first-order chi connectivity index (χ1) is 29.1. The Labute approximate surface area is 364 Å². The summed E-state index contributed by atoms with van der Waals surface area (Å²) in [7, 11) is 0. The highest BCUT2D eigenvalue weighted by Gasteiger charge is 2.27. The van der Waals surface area contributed by atoms with Crippen molar-refractivity contribution in [3.8, 4) is 11.1 Å². The first-order valence-corrected chi connectivity index (χ1v) is 21.0. The fourth-order valence-corrected chi connectivity index (χ4v) is 8.19. The molecule has 6 heteroatoms. The molecule has 2 aliphatic rings. The summed E-state index contributed by atoms with van der Waals surface area (Å²) in [6, 6.07) is 50.6. The summed E-state index contributed by atoms with van der Waals surface area (Å²) in [6.45, 7) is 8.35. The standard InChI is InChI=1S/C54H46N4S2/c1-35-5-21-43(22-6-35)57(44-23-7-36(2)8-24-44)51-31-29-47(53(55)49(51)33-59)41-17-13-39(14-18-41)40-15-19-42(20-16-40)48-30-32-52(50(34-60)54(48)56)58(45-25-9-37(3)10-26-45)46-27-11-38(4)12-28-46/h5-34,55-56,59-60H,1-4H3/b49-33-,50-34-,55-53?,56-54?. The third-order valence-electron chi connectivity index (χ3n) is 11.1. The molecular weight excluding hydrogens is 769 g/mol. The van der Waals surface area contributed by atoms with Crippen LogP contribution in [0, 0.1) is 38.5 Å². The van der Waals surface area contributed by atoms with Crippen LogP contribution >= 0.6 is 25.3 Å². The minimum atomic E-state index is 0.416. The van der Waals surface area contributed by atoms with E-state index in [1.165, 1.54) is 22.3 Å². The third kappa shape index (κ3) is 8.04. The number of benzene rings is 6. The second-order valence-corrected chi connectivity index (χ2v) is 15.8. The van der Waals surface area contributed by atoms with E-state index < -0.39 is 0 Å². The Kier molecular flexibility index (Phi) is 11.6. The molecule has 8 rings (SSSR count). The van der Waals surface area contributed by atoms with Crippen molar-refractivity contribution in [2.45, 2.75) is 27.7 Å². The van der Waals surface area contributed by atoms with Crippen molar-refractivity contribution in [1.29, 1.82) is 10.8 Å². The molecule has 0 radical (unpaired) electrons. The fourth-order valence-electron chi connectivity index (χ4n) is 7.66. The van der Waals surface area contributed by atoms with Crippen molar-refractivity contribution >= 4 is 70.6 Å². The summed E-state index contributed by atoms with van der Waals surface area (Å²) in [5.74, 6) is 0. The van der Waals surface area contributed by atoms with Gasteiger partial charge in [-0.3, -0.25) is 10.8 Å². The van der Waals surface area contributed by atoms with Gasteiger partial charge in [0.2, 0.25) is 0 Å². The molecule has 0 aromatic heterocycles. The number of anilines is 4. The predicted molar refractivity (Wildman–Crippen MR) is 263 cm³/mol. The maximum Gasteiger partial charge on any atom is 0.0716 e. The number of aryl methyl sites for hydroxylation is 4. The van der Waals surface area contributed by atoms with Gasteiger partial charge in [-0.25, -0.2) is 0 Å². The minimum Gasteiger partial charge on any atom is -0.310 e. The molecule has 0 atom stereocenters. The monoisotopic (exact) mass is 814 g/mol. The lowest BCUT2D eigenvalue weighted by Crippen LogP contribution is -2.23. The number of hydrogen-bond donors (Lipinski definition) is 4. The van der Waals surface area contributed by atoms with E-state index in [-0.39, 0.29) is 0 Å². The molecule has 4 nitrogen and oxygen atoms in total. The molecule has 0 unspecified atom stereocenters. The van der Waals surface area contributed by atoms with Gasteiger partial charge in [-0.05, 0) is 121 Å². The molecule has 2 aliphatic carbocycles. The predicted octanol–water partition coefficient (Wildman–Crippen LogP) is 14.5. The van der Waals surface area contributed by atoms with Gasteiger partial charge in [0.15, 0.2) is 0 Å². The largest absolute Gasteiger partial charge is 0.310 e. The van der Waals surface area contributed by atoms with E-state index in [2.05, 4.69) is 220 Å². The van der Waals surface area contributed by atoms with Crippen molar-refractivity contribution < 1.29 is 0 Å². The Morgan fingerprint density at radius 3 is 0.850 bits per heavy atom. The second kappa shape index (κ2) is 17.3. The highest BCUT2D eigenvalue weighted by atomic mass is 32.1. The van der Waals surface area contributed by atoms with Crippen LogP contribution in [0.2, 0.25) is 0 Å².